The first-order chi connectivity index (χ1) is 14.6. The van der Waals surface area contributed by atoms with Gasteiger partial charge >= 0.3 is 0 Å². The van der Waals surface area contributed by atoms with E-state index in [2.05, 4.69) is 0 Å². The van der Waals surface area contributed by atoms with E-state index in [-0.39, 0.29) is 24.1 Å². The van der Waals surface area contributed by atoms with E-state index in [4.69, 9.17) is 4.11 Å². The van der Waals surface area contributed by atoms with Crippen molar-refractivity contribution in [2.45, 2.75) is 45.7 Å². The predicted molar refractivity (Wildman–Crippen MR) is 116 cm³/mol. The molecule has 0 amide bonds. The molecule has 0 aliphatic heterocycles. The predicted octanol–water partition coefficient (Wildman–Crippen LogP) is 4.36. The molecule has 1 heterocycles. The van der Waals surface area contributed by atoms with E-state index < -0.39 is 6.98 Å². The molecule has 0 fully saturated rings. The molecule has 148 valence electrons. The Morgan fingerprint density at radius 1 is 1.00 bits per heavy atom. The topological polar surface area (TPSA) is 30.2 Å². The van der Waals surface area contributed by atoms with E-state index in [9.17, 15) is 4.79 Å². The lowest BCUT2D eigenvalue weighted by Crippen LogP contribution is -2.31. The fourth-order valence-electron chi connectivity index (χ4n) is 3.68. The number of benzene rings is 2. The van der Waals surface area contributed by atoms with Crippen LogP contribution in [0.2, 0.25) is 0 Å². The Kier molecular flexibility index (Phi) is 5.04. The van der Waals surface area contributed by atoms with Gasteiger partial charge in [-0.3, -0.25) is 14.4 Å². The van der Waals surface area contributed by atoms with Crippen LogP contribution in [0.3, 0.4) is 0 Å². The molecule has 0 aliphatic rings. The third kappa shape index (κ3) is 4.12. The molecule has 0 saturated carbocycles. The van der Waals surface area contributed by atoms with E-state index in [1.54, 1.807) is 9.36 Å². The van der Waals surface area contributed by atoms with Crippen LogP contribution in [0.25, 0.3) is 5.69 Å². The monoisotopic (exact) mass is 380 g/mol. The lowest BCUT2D eigenvalue weighted by molar-refractivity contribution is 0.240. The number of nitrogens with zero attached hydrogens (tertiary/aromatic N) is 3. The van der Waals surface area contributed by atoms with Gasteiger partial charge in [0.2, 0.25) is 0 Å². The first-order valence-corrected chi connectivity index (χ1v) is 9.78. The maximum absolute atomic E-state index is 13.3. The maximum atomic E-state index is 13.3. The highest BCUT2D eigenvalue weighted by atomic mass is 16.1. The summed E-state index contributed by atoms with van der Waals surface area (Å²) in [4.78, 5) is 14.9. The van der Waals surface area contributed by atoms with Gasteiger partial charge in [-0.15, -0.1) is 0 Å². The number of rotatable bonds is 7. The second kappa shape index (κ2) is 8.61. The van der Waals surface area contributed by atoms with Gasteiger partial charge in [0.1, 0.15) is 0 Å². The van der Waals surface area contributed by atoms with Crippen LogP contribution in [0, 0.1) is 0 Å². The summed E-state index contributed by atoms with van der Waals surface area (Å²) in [6, 6.07) is 19.1. The molecule has 28 heavy (non-hydrogen) atoms. The van der Waals surface area contributed by atoms with Crippen molar-refractivity contribution in [2.24, 2.45) is 7.05 Å². The molecule has 0 N–H and O–H groups in total. The summed E-state index contributed by atoms with van der Waals surface area (Å²) in [5.74, 6) is -0.0263. The van der Waals surface area contributed by atoms with Crippen molar-refractivity contribution in [3.63, 3.8) is 0 Å². The Balaban J connectivity index is 2.04. The number of hydrogen-bond acceptors (Lipinski definition) is 2. The maximum Gasteiger partial charge on any atom is 0.275 e. The molecule has 3 rings (SSSR count). The van der Waals surface area contributed by atoms with Crippen LogP contribution in [0.5, 0.6) is 0 Å². The van der Waals surface area contributed by atoms with Crippen LogP contribution in [0.1, 0.15) is 47.6 Å². The molecule has 1 atom stereocenters. The highest BCUT2D eigenvalue weighted by molar-refractivity contribution is 5.34. The standard InChI is InChI=1S/C24H31N3O/c1-18(2)23-22(17-25(4)19(3)16-20-12-8-6-9-13-20)26(5)27(24(23)28)21-14-10-7-11-15-21/h6-15,18-19H,16-17H2,1-5H3/i4D3. The van der Waals surface area contributed by atoms with Gasteiger partial charge < -0.3 is 0 Å². The third-order valence-corrected chi connectivity index (χ3v) is 5.23. The van der Waals surface area contributed by atoms with Gasteiger partial charge in [0.15, 0.2) is 0 Å². The van der Waals surface area contributed by atoms with Gasteiger partial charge in [-0.2, -0.15) is 0 Å². The van der Waals surface area contributed by atoms with Crippen LogP contribution < -0.4 is 5.56 Å². The number of likely N-dealkylation sites (N-methyl/N-ethyl adjacent to an activating group) is 1. The van der Waals surface area contributed by atoms with E-state index in [0.717, 1.165) is 16.9 Å². The second-order valence-corrected chi connectivity index (χ2v) is 7.66. The largest absolute Gasteiger partial charge is 0.298 e. The summed E-state index contributed by atoms with van der Waals surface area (Å²) in [5, 5.41) is 0. The first kappa shape index (κ1) is 16.4. The average molecular weight is 381 g/mol. The number of aromatic nitrogens is 2. The van der Waals surface area contributed by atoms with Crippen molar-refractivity contribution in [3.8, 4) is 5.69 Å². The van der Waals surface area contributed by atoms with Crippen LogP contribution in [-0.4, -0.2) is 27.3 Å². The first-order valence-electron chi connectivity index (χ1n) is 11.3. The minimum atomic E-state index is -2.28. The minimum absolute atomic E-state index is 0.0263. The van der Waals surface area contributed by atoms with Crippen molar-refractivity contribution < 1.29 is 4.11 Å². The summed E-state index contributed by atoms with van der Waals surface area (Å²) in [6.45, 7) is 3.77. The van der Waals surface area contributed by atoms with Gasteiger partial charge in [0.25, 0.3) is 5.56 Å². The summed E-state index contributed by atoms with van der Waals surface area (Å²) in [5.41, 5.74) is 3.15. The van der Waals surface area contributed by atoms with Crippen molar-refractivity contribution in [1.29, 1.82) is 0 Å². The molecule has 4 heteroatoms. The lowest BCUT2D eigenvalue weighted by Gasteiger charge is -2.26. The fourth-order valence-corrected chi connectivity index (χ4v) is 3.68. The summed E-state index contributed by atoms with van der Waals surface area (Å²) in [7, 11) is 1.83. The Morgan fingerprint density at radius 2 is 1.61 bits per heavy atom. The van der Waals surface area contributed by atoms with E-state index >= 15 is 0 Å². The van der Waals surface area contributed by atoms with Gasteiger partial charge in [-0.1, -0.05) is 62.4 Å². The van der Waals surface area contributed by atoms with Crippen molar-refractivity contribution >= 4 is 0 Å². The van der Waals surface area contributed by atoms with Crippen LogP contribution >= 0.6 is 0 Å². The SMILES string of the molecule is [2H]C([2H])([2H])N(Cc1c(C(C)C)c(=O)n(-c2ccccc2)n1C)C(C)Cc1ccccc1. The van der Waals surface area contributed by atoms with Crippen LogP contribution in [0.4, 0.5) is 0 Å². The molecule has 0 bridgehead atoms. The molecular formula is C24H31N3O. The minimum Gasteiger partial charge on any atom is -0.298 e. The van der Waals surface area contributed by atoms with Gasteiger partial charge in [0, 0.05) is 29.3 Å². The quantitative estimate of drug-likeness (QED) is 0.609. The molecule has 0 radical (unpaired) electrons. The smallest absolute Gasteiger partial charge is 0.275 e. The van der Waals surface area contributed by atoms with E-state index in [1.165, 1.54) is 4.90 Å². The molecule has 2 aromatic carbocycles. The van der Waals surface area contributed by atoms with Gasteiger partial charge in [-0.05, 0) is 43.9 Å². The highest BCUT2D eigenvalue weighted by Crippen LogP contribution is 2.21. The Labute approximate surface area is 172 Å². The van der Waals surface area contributed by atoms with Gasteiger partial charge in [0.05, 0.1) is 11.4 Å². The Morgan fingerprint density at radius 3 is 2.18 bits per heavy atom. The number of hydrogen-bond donors (Lipinski definition) is 0. The molecule has 0 spiro atoms. The zero-order valence-electron chi connectivity index (χ0n) is 20.1. The number of para-hydroxylation sites is 1. The molecule has 1 aromatic heterocycles. The van der Waals surface area contributed by atoms with Crippen molar-refractivity contribution in [3.05, 3.63) is 87.8 Å². The summed E-state index contributed by atoms with van der Waals surface area (Å²) in [6.07, 6.45) is 0.615. The normalized spacial score (nSPS) is 14.7. The zero-order chi connectivity index (χ0) is 22.8. The lowest BCUT2D eigenvalue weighted by atomic mass is 10.0. The van der Waals surface area contributed by atoms with Crippen LogP contribution in [0.15, 0.2) is 65.5 Å². The highest BCUT2D eigenvalue weighted by Gasteiger charge is 2.23. The summed E-state index contributed by atoms with van der Waals surface area (Å²) < 4.78 is 28.0. The zero-order valence-corrected chi connectivity index (χ0v) is 17.1. The van der Waals surface area contributed by atoms with Crippen molar-refractivity contribution in [1.82, 2.24) is 14.3 Å². The molecule has 3 aromatic rings. The van der Waals surface area contributed by atoms with E-state index in [0.29, 0.717) is 12.0 Å². The average Bonchev–Trinajstić information content (AvgIpc) is 2.96. The Bertz CT molecular complexity index is 1050. The summed E-state index contributed by atoms with van der Waals surface area (Å²) >= 11 is 0. The van der Waals surface area contributed by atoms with Crippen LogP contribution in [-0.2, 0) is 20.0 Å². The molecular weight excluding hydrogens is 346 g/mol. The molecule has 0 saturated heterocycles. The fraction of sp³-hybridized carbons (Fsp3) is 0.375. The molecule has 1 unspecified atom stereocenters. The molecule has 0 aliphatic carbocycles. The van der Waals surface area contributed by atoms with Gasteiger partial charge in [-0.25, -0.2) is 4.68 Å². The second-order valence-electron chi connectivity index (χ2n) is 7.66. The van der Waals surface area contributed by atoms with E-state index in [1.807, 2.05) is 88.5 Å². The molecule has 4 nitrogen and oxygen atoms in total. The Hall–Kier alpha value is -2.59. The van der Waals surface area contributed by atoms with Crippen molar-refractivity contribution in [2.75, 3.05) is 6.98 Å². The third-order valence-electron chi connectivity index (χ3n) is 5.23.